The van der Waals surface area contributed by atoms with Gasteiger partial charge in [0, 0.05) is 19.3 Å². The molecular formula is C17H18F3N3O4S. The molecule has 0 fully saturated rings. The summed E-state index contributed by atoms with van der Waals surface area (Å²) in [4.78, 5) is 12.0. The third-order valence-electron chi connectivity index (χ3n) is 3.66. The molecule has 2 aromatic carbocycles. The van der Waals surface area contributed by atoms with Crippen molar-refractivity contribution in [3.05, 3.63) is 53.6 Å². The molecular weight excluding hydrogens is 399 g/mol. The van der Waals surface area contributed by atoms with E-state index in [0.29, 0.717) is 11.3 Å². The van der Waals surface area contributed by atoms with Crippen molar-refractivity contribution in [1.82, 2.24) is 10.0 Å². The normalized spacial score (nSPS) is 11.8. The van der Waals surface area contributed by atoms with Gasteiger partial charge < -0.3 is 15.4 Å². The van der Waals surface area contributed by atoms with Gasteiger partial charge in [0.2, 0.25) is 10.0 Å². The van der Waals surface area contributed by atoms with Crippen LogP contribution in [0.3, 0.4) is 0 Å². The maximum Gasteiger partial charge on any atom is 0.573 e. The van der Waals surface area contributed by atoms with E-state index >= 15 is 0 Å². The Balaban J connectivity index is 2.26. The zero-order valence-corrected chi connectivity index (χ0v) is 15.7. The van der Waals surface area contributed by atoms with E-state index in [9.17, 15) is 26.4 Å². The van der Waals surface area contributed by atoms with E-state index in [2.05, 4.69) is 20.1 Å². The van der Waals surface area contributed by atoms with Crippen molar-refractivity contribution in [2.45, 2.75) is 17.8 Å². The summed E-state index contributed by atoms with van der Waals surface area (Å²) < 4.78 is 66.9. The van der Waals surface area contributed by atoms with E-state index in [0.717, 1.165) is 0 Å². The standard InChI is InChI=1S/C17H18F3N3O4S/c1-21-16(24)14-9-13(28(25,26)22-2)6-7-15(14)23-10-11-4-3-5-12(8-11)27-17(18,19)20/h3-9,22-23H,10H2,1-2H3,(H,21,24). The fourth-order valence-corrected chi connectivity index (χ4v) is 3.09. The molecule has 2 aromatic rings. The van der Waals surface area contributed by atoms with Crippen molar-refractivity contribution >= 4 is 21.6 Å². The van der Waals surface area contributed by atoms with Crippen LogP contribution in [-0.2, 0) is 16.6 Å². The number of ether oxygens (including phenoxy) is 1. The summed E-state index contributed by atoms with van der Waals surface area (Å²) in [6.45, 7) is 0.0805. The van der Waals surface area contributed by atoms with Crippen molar-refractivity contribution in [2.24, 2.45) is 0 Å². The summed E-state index contributed by atoms with van der Waals surface area (Å²) in [7, 11) is -1.11. The molecule has 152 valence electrons. The summed E-state index contributed by atoms with van der Waals surface area (Å²) in [6, 6.07) is 9.28. The van der Waals surface area contributed by atoms with E-state index in [4.69, 9.17) is 0 Å². The molecule has 0 unspecified atom stereocenters. The van der Waals surface area contributed by atoms with Gasteiger partial charge in [0.15, 0.2) is 0 Å². The molecule has 3 N–H and O–H groups in total. The highest BCUT2D eigenvalue weighted by atomic mass is 32.2. The van der Waals surface area contributed by atoms with E-state index in [1.807, 2.05) is 0 Å². The Morgan fingerprint density at radius 1 is 1.11 bits per heavy atom. The molecule has 0 saturated carbocycles. The largest absolute Gasteiger partial charge is 0.573 e. The highest BCUT2D eigenvalue weighted by molar-refractivity contribution is 7.89. The topological polar surface area (TPSA) is 96.5 Å². The molecule has 0 bridgehead atoms. The molecule has 7 nitrogen and oxygen atoms in total. The van der Waals surface area contributed by atoms with Gasteiger partial charge in [-0.3, -0.25) is 4.79 Å². The van der Waals surface area contributed by atoms with Gasteiger partial charge in [-0.2, -0.15) is 0 Å². The predicted molar refractivity (Wildman–Crippen MR) is 96.5 cm³/mol. The molecule has 0 aliphatic carbocycles. The molecule has 0 spiro atoms. The van der Waals surface area contributed by atoms with Crippen molar-refractivity contribution in [3.63, 3.8) is 0 Å². The molecule has 0 saturated heterocycles. The quantitative estimate of drug-likeness (QED) is 0.643. The van der Waals surface area contributed by atoms with Crippen LogP contribution in [0.25, 0.3) is 0 Å². The van der Waals surface area contributed by atoms with E-state index in [1.54, 1.807) is 6.07 Å². The van der Waals surface area contributed by atoms with Crippen LogP contribution < -0.4 is 20.1 Å². The predicted octanol–water partition coefficient (Wildman–Crippen LogP) is 2.47. The van der Waals surface area contributed by atoms with Gasteiger partial charge in [-0.1, -0.05) is 12.1 Å². The minimum Gasteiger partial charge on any atom is -0.406 e. The van der Waals surface area contributed by atoms with E-state index < -0.39 is 22.3 Å². The molecule has 0 aromatic heterocycles. The number of anilines is 1. The lowest BCUT2D eigenvalue weighted by molar-refractivity contribution is -0.274. The molecule has 0 atom stereocenters. The van der Waals surface area contributed by atoms with Crippen LogP contribution in [0.15, 0.2) is 47.4 Å². The van der Waals surface area contributed by atoms with Gasteiger partial charge in [0.25, 0.3) is 5.91 Å². The zero-order chi connectivity index (χ0) is 20.9. The van der Waals surface area contributed by atoms with Gasteiger partial charge in [-0.25, -0.2) is 13.1 Å². The summed E-state index contributed by atoms with van der Waals surface area (Å²) in [6.07, 6.45) is -4.80. The first-order valence-corrected chi connectivity index (χ1v) is 9.42. The fourth-order valence-electron chi connectivity index (χ4n) is 2.33. The van der Waals surface area contributed by atoms with Crippen molar-refractivity contribution in [1.29, 1.82) is 0 Å². The Labute approximate surface area is 159 Å². The second kappa shape index (κ2) is 8.48. The number of nitrogens with one attached hydrogen (secondary N) is 3. The molecule has 0 heterocycles. The number of hydrogen-bond acceptors (Lipinski definition) is 5. The van der Waals surface area contributed by atoms with Crippen LogP contribution in [0, 0.1) is 0 Å². The highest BCUT2D eigenvalue weighted by Crippen LogP contribution is 2.25. The highest BCUT2D eigenvalue weighted by Gasteiger charge is 2.31. The van der Waals surface area contributed by atoms with Crippen LogP contribution in [0.5, 0.6) is 5.75 Å². The molecule has 0 aliphatic heterocycles. The third-order valence-corrected chi connectivity index (χ3v) is 5.07. The summed E-state index contributed by atoms with van der Waals surface area (Å²) in [5.74, 6) is -0.890. The number of carbonyl (C=O) groups excluding carboxylic acids is 1. The Hall–Kier alpha value is -2.79. The van der Waals surface area contributed by atoms with Gasteiger partial charge >= 0.3 is 6.36 Å². The average Bonchev–Trinajstić information content (AvgIpc) is 2.64. The van der Waals surface area contributed by atoms with Crippen molar-refractivity contribution < 1.29 is 31.1 Å². The Morgan fingerprint density at radius 2 is 1.82 bits per heavy atom. The lowest BCUT2D eigenvalue weighted by atomic mass is 10.1. The van der Waals surface area contributed by atoms with Gasteiger partial charge in [0.1, 0.15) is 5.75 Å². The van der Waals surface area contributed by atoms with Crippen LogP contribution >= 0.6 is 0 Å². The summed E-state index contributed by atoms with van der Waals surface area (Å²) in [5.41, 5.74) is 0.856. The van der Waals surface area contributed by atoms with Crippen molar-refractivity contribution in [3.8, 4) is 5.75 Å². The monoisotopic (exact) mass is 417 g/mol. The molecule has 11 heteroatoms. The van der Waals surface area contributed by atoms with Gasteiger partial charge in [-0.05, 0) is 42.9 Å². The summed E-state index contributed by atoms with van der Waals surface area (Å²) in [5, 5.41) is 5.33. The zero-order valence-electron chi connectivity index (χ0n) is 14.9. The number of amides is 1. The number of rotatable bonds is 7. The molecule has 0 aliphatic rings. The molecule has 0 radical (unpaired) electrons. The smallest absolute Gasteiger partial charge is 0.406 e. The average molecular weight is 417 g/mol. The van der Waals surface area contributed by atoms with Crippen LogP contribution in [0.4, 0.5) is 18.9 Å². The Kier molecular flexibility index (Phi) is 6.52. The molecule has 2 rings (SSSR count). The minimum atomic E-state index is -4.80. The first kappa shape index (κ1) is 21.5. The first-order chi connectivity index (χ1) is 13.1. The number of carbonyl (C=O) groups is 1. The van der Waals surface area contributed by atoms with E-state index in [1.165, 1.54) is 50.5 Å². The minimum absolute atomic E-state index is 0.0709. The Bertz CT molecular complexity index is 962. The van der Waals surface area contributed by atoms with Crippen LogP contribution in [-0.4, -0.2) is 34.8 Å². The van der Waals surface area contributed by atoms with Crippen LogP contribution in [0.1, 0.15) is 15.9 Å². The van der Waals surface area contributed by atoms with Gasteiger partial charge in [0.05, 0.1) is 10.5 Å². The summed E-state index contributed by atoms with van der Waals surface area (Å²) >= 11 is 0. The van der Waals surface area contributed by atoms with Crippen molar-refractivity contribution in [2.75, 3.05) is 19.4 Å². The first-order valence-electron chi connectivity index (χ1n) is 7.94. The maximum absolute atomic E-state index is 12.3. The number of hydrogen-bond donors (Lipinski definition) is 3. The number of halogens is 3. The molecule has 1 amide bonds. The number of sulfonamides is 1. The number of alkyl halides is 3. The second-order valence-corrected chi connectivity index (χ2v) is 7.43. The number of benzene rings is 2. The lowest BCUT2D eigenvalue weighted by Gasteiger charge is -2.14. The fraction of sp³-hybridized carbons (Fsp3) is 0.235. The third kappa shape index (κ3) is 5.60. The maximum atomic E-state index is 12.3. The SMILES string of the molecule is CNC(=O)c1cc(S(=O)(=O)NC)ccc1NCc1cccc(OC(F)(F)F)c1. The van der Waals surface area contributed by atoms with Crippen LogP contribution in [0.2, 0.25) is 0 Å². The van der Waals surface area contributed by atoms with Gasteiger partial charge in [-0.15, -0.1) is 13.2 Å². The lowest BCUT2D eigenvalue weighted by Crippen LogP contribution is -2.22. The Morgan fingerprint density at radius 3 is 2.43 bits per heavy atom. The van der Waals surface area contributed by atoms with E-state index in [-0.39, 0.29) is 22.8 Å². The second-order valence-electron chi connectivity index (χ2n) is 5.54. The molecule has 28 heavy (non-hydrogen) atoms.